The SMILES string of the molecule is Cc1cccc(CC(=O)N(Cc2ccc(F)cc2)C(C)C(=O)NC(C)(C)C)c1. The van der Waals surface area contributed by atoms with Gasteiger partial charge in [0.2, 0.25) is 11.8 Å². The Labute approximate surface area is 166 Å². The first kappa shape index (κ1) is 21.6. The second-order valence-electron chi connectivity index (χ2n) is 8.23. The molecular weight excluding hydrogens is 355 g/mol. The fourth-order valence-electron chi connectivity index (χ4n) is 2.94. The normalized spacial score (nSPS) is 12.4. The summed E-state index contributed by atoms with van der Waals surface area (Å²) in [4.78, 5) is 27.3. The number of nitrogens with one attached hydrogen (secondary N) is 1. The lowest BCUT2D eigenvalue weighted by atomic mass is 10.1. The Morgan fingerprint density at radius 2 is 1.71 bits per heavy atom. The largest absolute Gasteiger partial charge is 0.350 e. The first-order valence-corrected chi connectivity index (χ1v) is 9.46. The third-order valence-corrected chi connectivity index (χ3v) is 4.37. The van der Waals surface area contributed by atoms with Gasteiger partial charge in [-0.1, -0.05) is 42.0 Å². The molecule has 5 heteroatoms. The van der Waals surface area contributed by atoms with E-state index in [4.69, 9.17) is 0 Å². The van der Waals surface area contributed by atoms with Crippen molar-refractivity contribution in [3.63, 3.8) is 0 Å². The molecule has 2 amide bonds. The van der Waals surface area contributed by atoms with Crippen molar-refractivity contribution in [3.05, 3.63) is 71.0 Å². The van der Waals surface area contributed by atoms with E-state index in [9.17, 15) is 14.0 Å². The van der Waals surface area contributed by atoms with Crippen molar-refractivity contribution in [1.82, 2.24) is 10.2 Å². The van der Waals surface area contributed by atoms with Crippen LogP contribution in [0.3, 0.4) is 0 Å². The second-order valence-corrected chi connectivity index (χ2v) is 8.23. The van der Waals surface area contributed by atoms with Crippen LogP contribution in [0.1, 0.15) is 44.4 Å². The molecule has 0 aromatic heterocycles. The Morgan fingerprint density at radius 3 is 2.29 bits per heavy atom. The van der Waals surface area contributed by atoms with Gasteiger partial charge < -0.3 is 10.2 Å². The van der Waals surface area contributed by atoms with Crippen molar-refractivity contribution in [1.29, 1.82) is 0 Å². The molecule has 2 aromatic carbocycles. The quantitative estimate of drug-likeness (QED) is 0.818. The van der Waals surface area contributed by atoms with Crippen molar-refractivity contribution in [3.8, 4) is 0 Å². The topological polar surface area (TPSA) is 49.4 Å². The van der Waals surface area contributed by atoms with Gasteiger partial charge in [-0.3, -0.25) is 9.59 Å². The molecule has 1 atom stereocenters. The zero-order valence-electron chi connectivity index (χ0n) is 17.3. The van der Waals surface area contributed by atoms with Gasteiger partial charge in [-0.15, -0.1) is 0 Å². The van der Waals surface area contributed by atoms with E-state index >= 15 is 0 Å². The van der Waals surface area contributed by atoms with Crippen LogP contribution in [0.4, 0.5) is 4.39 Å². The summed E-state index contributed by atoms with van der Waals surface area (Å²) in [7, 11) is 0. The number of aryl methyl sites for hydroxylation is 1. The Hall–Kier alpha value is -2.69. The number of amides is 2. The van der Waals surface area contributed by atoms with Gasteiger partial charge in [0.25, 0.3) is 0 Å². The van der Waals surface area contributed by atoms with Crippen molar-refractivity contribution in [2.75, 3.05) is 0 Å². The molecule has 0 bridgehead atoms. The number of benzene rings is 2. The fraction of sp³-hybridized carbons (Fsp3) is 0.391. The molecule has 0 saturated heterocycles. The van der Waals surface area contributed by atoms with Gasteiger partial charge in [0.05, 0.1) is 6.42 Å². The number of carbonyl (C=O) groups is 2. The van der Waals surface area contributed by atoms with E-state index in [-0.39, 0.29) is 30.6 Å². The van der Waals surface area contributed by atoms with Crippen LogP contribution in [0, 0.1) is 12.7 Å². The summed E-state index contributed by atoms with van der Waals surface area (Å²) in [5.74, 6) is -0.696. The summed E-state index contributed by atoms with van der Waals surface area (Å²) in [5, 5.41) is 2.93. The van der Waals surface area contributed by atoms with E-state index in [1.54, 1.807) is 24.0 Å². The minimum absolute atomic E-state index is 0.147. The summed E-state index contributed by atoms with van der Waals surface area (Å²) in [6.07, 6.45) is 0.204. The average Bonchev–Trinajstić information content (AvgIpc) is 2.59. The van der Waals surface area contributed by atoms with Crippen molar-refractivity contribution in [2.24, 2.45) is 0 Å². The van der Waals surface area contributed by atoms with Gasteiger partial charge in [-0.05, 0) is 57.9 Å². The van der Waals surface area contributed by atoms with Gasteiger partial charge in [0, 0.05) is 12.1 Å². The number of halogens is 1. The van der Waals surface area contributed by atoms with Crippen LogP contribution in [0.2, 0.25) is 0 Å². The maximum Gasteiger partial charge on any atom is 0.242 e. The zero-order valence-corrected chi connectivity index (χ0v) is 17.3. The maximum absolute atomic E-state index is 13.2. The summed E-state index contributed by atoms with van der Waals surface area (Å²) >= 11 is 0. The van der Waals surface area contributed by atoms with E-state index in [1.807, 2.05) is 52.0 Å². The standard InChI is InChI=1S/C23H29FN2O2/c1-16-7-6-8-19(13-16)14-21(27)26(15-18-9-11-20(24)12-10-18)17(2)22(28)25-23(3,4)5/h6-13,17H,14-15H2,1-5H3,(H,25,28). The number of rotatable bonds is 6. The molecule has 0 heterocycles. The molecule has 0 aliphatic rings. The second kappa shape index (κ2) is 9.00. The molecule has 1 unspecified atom stereocenters. The van der Waals surface area contributed by atoms with E-state index < -0.39 is 11.6 Å². The van der Waals surface area contributed by atoms with Crippen LogP contribution in [-0.2, 0) is 22.6 Å². The lowest BCUT2D eigenvalue weighted by Crippen LogP contribution is -2.52. The highest BCUT2D eigenvalue weighted by Crippen LogP contribution is 2.14. The minimum atomic E-state index is -0.651. The molecule has 0 radical (unpaired) electrons. The van der Waals surface area contributed by atoms with Gasteiger partial charge in [-0.2, -0.15) is 0 Å². The van der Waals surface area contributed by atoms with Gasteiger partial charge >= 0.3 is 0 Å². The smallest absolute Gasteiger partial charge is 0.242 e. The van der Waals surface area contributed by atoms with Crippen molar-refractivity contribution < 1.29 is 14.0 Å². The molecule has 0 spiro atoms. The third-order valence-electron chi connectivity index (χ3n) is 4.37. The van der Waals surface area contributed by atoms with Gasteiger partial charge in [0.1, 0.15) is 11.9 Å². The molecule has 0 aliphatic carbocycles. The fourth-order valence-corrected chi connectivity index (χ4v) is 2.94. The molecule has 28 heavy (non-hydrogen) atoms. The van der Waals surface area contributed by atoms with Gasteiger partial charge in [-0.25, -0.2) is 4.39 Å². The van der Waals surface area contributed by atoms with Gasteiger partial charge in [0.15, 0.2) is 0 Å². The average molecular weight is 384 g/mol. The molecule has 0 aliphatic heterocycles. The van der Waals surface area contributed by atoms with Crippen LogP contribution >= 0.6 is 0 Å². The van der Waals surface area contributed by atoms with Crippen molar-refractivity contribution in [2.45, 2.75) is 59.2 Å². The number of hydrogen-bond donors (Lipinski definition) is 1. The highest BCUT2D eigenvalue weighted by molar-refractivity contribution is 5.88. The number of carbonyl (C=O) groups excluding carboxylic acids is 2. The zero-order chi connectivity index (χ0) is 20.9. The number of nitrogens with zero attached hydrogens (tertiary/aromatic N) is 1. The van der Waals surface area contributed by atoms with Crippen molar-refractivity contribution >= 4 is 11.8 Å². The Morgan fingerprint density at radius 1 is 1.07 bits per heavy atom. The molecule has 1 N–H and O–H groups in total. The van der Waals surface area contributed by atoms with Crippen LogP contribution in [0.5, 0.6) is 0 Å². The van der Waals surface area contributed by atoms with Crippen LogP contribution < -0.4 is 5.32 Å². The summed E-state index contributed by atoms with van der Waals surface area (Å²) in [5.41, 5.74) is 2.35. The molecule has 4 nitrogen and oxygen atoms in total. The molecular formula is C23H29FN2O2. The highest BCUT2D eigenvalue weighted by Gasteiger charge is 2.28. The van der Waals surface area contributed by atoms with Crippen LogP contribution in [-0.4, -0.2) is 28.3 Å². The predicted molar refractivity (Wildman–Crippen MR) is 109 cm³/mol. The molecule has 2 rings (SSSR count). The summed E-state index contributed by atoms with van der Waals surface area (Å²) in [6, 6.07) is 13.1. The van der Waals surface area contributed by atoms with E-state index in [0.717, 1.165) is 16.7 Å². The predicted octanol–water partition coefficient (Wildman–Crippen LogP) is 4.01. The lowest BCUT2D eigenvalue weighted by Gasteiger charge is -2.31. The first-order valence-electron chi connectivity index (χ1n) is 9.46. The maximum atomic E-state index is 13.2. The highest BCUT2D eigenvalue weighted by atomic mass is 19.1. The molecule has 0 fully saturated rings. The Kier molecular flexibility index (Phi) is 6.95. The summed E-state index contributed by atoms with van der Waals surface area (Å²) in [6.45, 7) is 9.63. The molecule has 150 valence electrons. The summed E-state index contributed by atoms with van der Waals surface area (Å²) < 4.78 is 13.2. The third kappa shape index (κ3) is 6.48. The lowest BCUT2D eigenvalue weighted by molar-refractivity contribution is -0.140. The Bertz CT molecular complexity index is 825. The molecule has 2 aromatic rings. The van der Waals surface area contributed by atoms with Crippen LogP contribution in [0.15, 0.2) is 48.5 Å². The van der Waals surface area contributed by atoms with E-state index in [0.29, 0.717) is 0 Å². The number of hydrogen-bond acceptors (Lipinski definition) is 2. The Balaban J connectivity index is 2.24. The first-order chi connectivity index (χ1) is 13.0. The monoisotopic (exact) mass is 384 g/mol. The minimum Gasteiger partial charge on any atom is -0.350 e. The van der Waals surface area contributed by atoms with E-state index in [1.165, 1.54) is 12.1 Å². The molecule has 0 saturated carbocycles. The van der Waals surface area contributed by atoms with Crippen LogP contribution in [0.25, 0.3) is 0 Å². The van der Waals surface area contributed by atoms with E-state index in [2.05, 4.69) is 5.32 Å².